The molecule has 0 saturated carbocycles. The van der Waals surface area contributed by atoms with Gasteiger partial charge in [-0.1, -0.05) is 6.07 Å². The van der Waals surface area contributed by atoms with Gasteiger partial charge in [-0.2, -0.15) is 15.2 Å². The molecular formula is C28H33FN6O2. The van der Waals surface area contributed by atoms with Crippen LogP contribution in [0.5, 0.6) is 6.01 Å². The molecule has 37 heavy (non-hydrogen) atoms. The molecule has 0 unspecified atom stereocenters. The van der Waals surface area contributed by atoms with Crippen LogP contribution in [0.4, 0.5) is 15.9 Å². The molecule has 2 N–H and O–H groups in total. The molecule has 0 bridgehead atoms. The van der Waals surface area contributed by atoms with Crippen molar-refractivity contribution in [2.45, 2.75) is 68.9 Å². The van der Waals surface area contributed by atoms with Crippen LogP contribution in [0.2, 0.25) is 0 Å². The maximum absolute atomic E-state index is 14.3. The van der Waals surface area contributed by atoms with Crippen LogP contribution in [0.25, 0.3) is 0 Å². The minimum atomic E-state index is -0.802. The molecule has 3 saturated heterocycles. The highest BCUT2D eigenvalue weighted by molar-refractivity contribution is 5.55. The third-order valence-corrected chi connectivity index (χ3v) is 9.24. The van der Waals surface area contributed by atoms with Gasteiger partial charge >= 0.3 is 6.01 Å². The van der Waals surface area contributed by atoms with E-state index in [1.165, 1.54) is 11.1 Å². The number of anilines is 2. The summed E-state index contributed by atoms with van der Waals surface area (Å²) in [6.07, 6.45) is 5.33. The second-order valence-electron chi connectivity index (χ2n) is 11.6. The summed E-state index contributed by atoms with van der Waals surface area (Å²) in [5.74, 6) is 0.811. The van der Waals surface area contributed by atoms with E-state index in [1.54, 1.807) is 0 Å². The van der Waals surface area contributed by atoms with E-state index in [9.17, 15) is 9.65 Å². The van der Waals surface area contributed by atoms with Gasteiger partial charge < -0.3 is 20.1 Å². The molecule has 2 aromatic rings. The van der Waals surface area contributed by atoms with Crippen molar-refractivity contribution in [1.29, 1.82) is 5.26 Å². The smallest absolute Gasteiger partial charge is 0.318 e. The molecule has 9 heteroatoms. The number of nitrogens with two attached hydrogens (primary N) is 1. The van der Waals surface area contributed by atoms with Crippen LogP contribution >= 0.6 is 0 Å². The first-order chi connectivity index (χ1) is 18.0. The molecule has 8 nitrogen and oxygen atoms in total. The number of hydrogen-bond acceptors (Lipinski definition) is 8. The van der Waals surface area contributed by atoms with E-state index in [-0.39, 0.29) is 11.5 Å². The van der Waals surface area contributed by atoms with Gasteiger partial charge in [0.2, 0.25) is 0 Å². The molecule has 1 spiro atoms. The van der Waals surface area contributed by atoms with Gasteiger partial charge in [0.1, 0.15) is 18.6 Å². The van der Waals surface area contributed by atoms with Crippen LogP contribution in [-0.2, 0) is 29.8 Å². The third-order valence-electron chi connectivity index (χ3n) is 9.24. The number of aryl methyl sites for hydroxylation is 1. The number of ether oxygens (including phenoxy) is 2. The van der Waals surface area contributed by atoms with Crippen molar-refractivity contribution in [2.75, 3.05) is 43.4 Å². The molecule has 194 valence electrons. The summed E-state index contributed by atoms with van der Waals surface area (Å²) < 4.78 is 27.3. The number of nitrogens with zero attached hydrogens (tertiary/aromatic N) is 5. The predicted molar refractivity (Wildman–Crippen MR) is 136 cm³/mol. The van der Waals surface area contributed by atoms with Gasteiger partial charge in [-0.15, -0.1) is 0 Å². The summed E-state index contributed by atoms with van der Waals surface area (Å²) in [4.78, 5) is 14.1. The van der Waals surface area contributed by atoms with E-state index in [0.29, 0.717) is 51.7 Å². The van der Waals surface area contributed by atoms with Crippen molar-refractivity contribution in [3.63, 3.8) is 0 Å². The van der Waals surface area contributed by atoms with Gasteiger partial charge in [0.25, 0.3) is 0 Å². The Bertz CT molecular complexity index is 1280. The summed E-state index contributed by atoms with van der Waals surface area (Å²) in [5.41, 5.74) is 10.6. The lowest BCUT2D eigenvalue weighted by molar-refractivity contribution is -0.0855. The van der Waals surface area contributed by atoms with Crippen LogP contribution in [0, 0.1) is 17.2 Å². The van der Waals surface area contributed by atoms with Crippen molar-refractivity contribution in [3.05, 3.63) is 40.6 Å². The standard InChI is InChI=1S/C28H33FN6O2/c29-20-10-27(6-2-8-35(27)15-20)17-36-26-32-24-11-28(7-1-3-19-4-5-21(31)9-23(19)28)37-16-22(24)25(33-26)34-13-18(12-30)14-34/h4-5,9,18,20H,1-3,6-8,10-11,13-17,31H2/t20-,27+,28+/m1/s1. The Hall–Kier alpha value is -2.96. The SMILES string of the molecule is N#CC1CN(c2nc(OC[C@@]34CCCN3C[C@H](F)C4)nc3c2CO[C@@]2(CCCc4ccc(N)cc42)C3)C1. The number of benzene rings is 1. The average molecular weight is 505 g/mol. The minimum Gasteiger partial charge on any atom is -0.461 e. The average Bonchev–Trinajstić information content (AvgIpc) is 3.38. The van der Waals surface area contributed by atoms with Gasteiger partial charge in [0.05, 0.1) is 35.4 Å². The lowest BCUT2D eigenvalue weighted by atomic mass is 9.74. The Kier molecular flexibility index (Phi) is 5.35. The number of nitriles is 1. The Labute approximate surface area is 216 Å². The molecular weight excluding hydrogens is 471 g/mol. The van der Waals surface area contributed by atoms with Crippen molar-refractivity contribution in [2.24, 2.45) is 5.92 Å². The zero-order valence-corrected chi connectivity index (χ0v) is 21.1. The minimum absolute atomic E-state index is 0.00458. The zero-order valence-electron chi connectivity index (χ0n) is 21.1. The van der Waals surface area contributed by atoms with Crippen LogP contribution < -0.4 is 15.4 Å². The van der Waals surface area contributed by atoms with E-state index in [1.807, 2.05) is 6.07 Å². The van der Waals surface area contributed by atoms with E-state index >= 15 is 0 Å². The lowest BCUT2D eigenvalue weighted by Crippen LogP contribution is -2.48. The summed E-state index contributed by atoms with van der Waals surface area (Å²) in [6.45, 7) is 3.51. The molecule has 5 aliphatic rings. The molecule has 1 aromatic heterocycles. The number of nitrogen functional groups attached to an aromatic ring is 1. The quantitative estimate of drug-likeness (QED) is 0.634. The molecule has 1 aromatic carbocycles. The highest BCUT2D eigenvalue weighted by atomic mass is 19.1. The van der Waals surface area contributed by atoms with Gasteiger partial charge in [-0.3, -0.25) is 4.90 Å². The van der Waals surface area contributed by atoms with Crippen molar-refractivity contribution in [1.82, 2.24) is 14.9 Å². The molecule has 7 rings (SSSR count). The molecule has 0 radical (unpaired) electrons. The predicted octanol–water partition coefficient (Wildman–Crippen LogP) is 3.28. The van der Waals surface area contributed by atoms with E-state index in [0.717, 1.165) is 61.4 Å². The monoisotopic (exact) mass is 504 g/mol. The van der Waals surface area contributed by atoms with Crippen molar-refractivity contribution in [3.8, 4) is 12.1 Å². The summed E-state index contributed by atoms with van der Waals surface area (Å²) in [6, 6.07) is 8.85. The molecule has 5 heterocycles. The first kappa shape index (κ1) is 23.2. The van der Waals surface area contributed by atoms with E-state index in [2.05, 4.69) is 28.0 Å². The fraction of sp³-hybridized carbons (Fsp3) is 0.607. The fourth-order valence-corrected chi connectivity index (χ4v) is 7.30. The first-order valence-corrected chi connectivity index (χ1v) is 13.6. The summed E-state index contributed by atoms with van der Waals surface area (Å²) in [5, 5.41) is 9.33. The molecule has 1 aliphatic carbocycles. The molecule has 3 fully saturated rings. The third kappa shape index (κ3) is 3.76. The van der Waals surface area contributed by atoms with Crippen LogP contribution in [0.1, 0.15) is 54.5 Å². The Balaban J connectivity index is 1.23. The van der Waals surface area contributed by atoms with Crippen LogP contribution in [-0.4, -0.2) is 59.4 Å². The topological polar surface area (TPSA) is 101 Å². The highest BCUT2D eigenvalue weighted by Gasteiger charge is 2.50. The van der Waals surface area contributed by atoms with Crippen molar-refractivity contribution >= 4 is 11.5 Å². The molecule has 3 atom stereocenters. The number of hydrogen-bond donors (Lipinski definition) is 1. The normalized spacial score (nSPS) is 30.9. The van der Waals surface area contributed by atoms with E-state index < -0.39 is 11.8 Å². The number of aromatic nitrogens is 2. The molecule has 4 aliphatic heterocycles. The maximum Gasteiger partial charge on any atom is 0.318 e. The summed E-state index contributed by atoms with van der Waals surface area (Å²) in [7, 11) is 0. The molecule has 0 amide bonds. The van der Waals surface area contributed by atoms with Gasteiger partial charge in [-0.05, 0) is 61.9 Å². The second-order valence-corrected chi connectivity index (χ2v) is 11.6. The first-order valence-electron chi connectivity index (χ1n) is 13.6. The summed E-state index contributed by atoms with van der Waals surface area (Å²) >= 11 is 0. The lowest BCUT2D eigenvalue weighted by Gasteiger charge is -2.44. The maximum atomic E-state index is 14.3. The Morgan fingerprint density at radius 1 is 1.22 bits per heavy atom. The van der Waals surface area contributed by atoms with E-state index in [4.69, 9.17) is 25.2 Å². The van der Waals surface area contributed by atoms with Gasteiger partial charge in [0.15, 0.2) is 0 Å². The van der Waals surface area contributed by atoms with Crippen molar-refractivity contribution < 1.29 is 13.9 Å². The second kappa shape index (κ2) is 8.53. The largest absolute Gasteiger partial charge is 0.461 e. The zero-order chi connectivity index (χ0) is 25.2. The van der Waals surface area contributed by atoms with Crippen LogP contribution in [0.15, 0.2) is 18.2 Å². The Morgan fingerprint density at radius 3 is 2.97 bits per heavy atom. The van der Waals surface area contributed by atoms with Gasteiger partial charge in [0, 0.05) is 43.7 Å². The fourth-order valence-electron chi connectivity index (χ4n) is 7.30. The number of halogens is 1. The Morgan fingerprint density at radius 2 is 2.11 bits per heavy atom. The number of alkyl halides is 1. The van der Waals surface area contributed by atoms with Crippen LogP contribution in [0.3, 0.4) is 0 Å². The highest BCUT2D eigenvalue weighted by Crippen LogP contribution is 2.47. The number of fused-ring (bicyclic) bond motifs is 4. The van der Waals surface area contributed by atoms with Gasteiger partial charge in [-0.25, -0.2) is 4.39 Å². The number of rotatable bonds is 4.